The maximum Gasteiger partial charge on any atom is 0.308 e. The Morgan fingerprint density at radius 3 is 2.82 bits per heavy atom. The molecule has 1 aromatic rings. The predicted octanol–water partition coefficient (Wildman–Crippen LogP) is 1.14. The van der Waals surface area contributed by atoms with Crippen LogP contribution in [0.1, 0.15) is 11.5 Å². The second-order valence-electron chi connectivity index (χ2n) is 4.70. The lowest BCUT2D eigenvalue weighted by Gasteiger charge is -2.18. The SMILES string of the molecule is CN(C)c1cccc(C2CNCC2C(=O)O)c1. The monoisotopic (exact) mass is 234 g/mol. The van der Waals surface area contributed by atoms with E-state index in [1.165, 1.54) is 0 Å². The maximum atomic E-state index is 11.2. The molecule has 2 unspecified atom stereocenters. The van der Waals surface area contributed by atoms with Crippen LogP contribution in [-0.2, 0) is 4.79 Å². The van der Waals surface area contributed by atoms with Crippen molar-refractivity contribution in [3.63, 3.8) is 0 Å². The summed E-state index contributed by atoms with van der Waals surface area (Å²) in [6.45, 7) is 1.31. The van der Waals surface area contributed by atoms with Crippen LogP contribution in [0.4, 0.5) is 5.69 Å². The molecule has 0 amide bonds. The number of carbonyl (C=O) groups is 1. The molecule has 92 valence electrons. The molecule has 0 aromatic heterocycles. The number of benzene rings is 1. The summed E-state index contributed by atoms with van der Waals surface area (Å²) in [6, 6.07) is 8.11. The van der Waals surface area contributed by atoms with Crippen LogP contribution in [0.5, 0.6) is 0 Å². The molecular weight excluding hydrogens is 216 g/mol. The number of hydrogen-bond acceptors (Lipinski definition) is 3. The van der Waals surface area contributed by atoms with E-state index in [4.69, 9.17) is 0 Å². The third kappa shape index (κ3) is 2.42. The summed E-state index contributed by atoms with van der Waals surface area (Å²) < 4.78 is 0. The first-order valence-corrected chi connectivity index (χ1v) is 5.80. The van der Waals surface area contributed by atoms with Crippen LogP contribution in [-0.4, -0.2) is 38.3 Å². The Morgan fingerprint density at radius 1 is 1.41 bits per heavy atom. The highest BCUT2D eigenvalue weighted by Gasteiger charge is 2.33. The molecule has 17 heavy (non-hydrogen) atoms. The molecule has 0 spiro atoms. The first kappa shape index (κ1) is 11.9. The second-order valence-corrected chi connectivity index (χ2v) is 4.70. The van der Waals surface area contributed by atoms with Gasteiger partial charge in [-0.05, 0) is 17.7 Å². The van der Waals surface area contributed by atoms with E-state index in [9.17, 15) is 9.90 Å². The Bertz CT molecular complexity index is 418. The third-order valence-corrected chi connectivity index (χ3v) is 3.35. The lowest BCUT2D eigenvalue weighted by Crippen LogP contribution is -2.21. The van der Waals surface area contributed by atoms with Crippen molar-refractivity contribution in [2.45, 2.75) is 5.92 Å². The van der Waals surface area contributed by atoms with Gasteiger partial charge in [0.05, 0.1) is 5.92 Å². The molecular formula is C13H18N2O2. The van der Waals surface area contributed by atoms with E-state index in [0.29, 0.717) is 6.54 Å². The van der Waals surface area contributed by atoms with Crippen molar-refractivity contribution in [2.75, 3.05) is 32.1 Å². The lowest BCUT2D eigenvalue weighted by atomic mass is 9.89. The average Bonchev–Trinajstić information content (AvgIpc) is 2.78. The van der Waals surface area contributed by atoms with Gasteiger partial charge in [0.25, 0.3) is 0 Å². The summed E-state index contributed by atoms with van der Waals surface area (Å²) in [4.78, 5) is 13.2. The van der Waals surface area contributed by atoms with Crippen LogP contribution in [0.25, 0.3) is 0 Å². The van der Waals surface area contributed by atoms with E-state index < -0.39 is 5.97 Å². The molecule has 0 bridgehead atoms. The number of rotatable bonds is 3. The van der Waals surface area contributed by atoms with E-state index in [1.807, 2.05) is 37.2 Å². The predicted molar refractivity (Wildman–Crippen MR) is 67.5 cm³/mol. The van der Waals surface area contributed by atoms with Crippen LogP contribution in [0.2, 0.25) is 0 Å². The van der Waals surface area contributed by atoms with Crippen LogP contribution in [0.15, 0.2) is 24.3 Å². The van der Waals surface area contributed by atoms with Gasteiger partial charge in [0, 0.05) is 38.8 Å². The number of nitrogens with zero attached hydrogens (tertiary/aromatic N) is 1. The van der Waals surface area contributed by atoms with Crippen molar-refractivity contribution in [1.82, 2.24) is 5.32 Å². The molecule has 1 aliphatic rings. The van der Waals surface area contributed by atoms with Gasteiger partial charge in [-0.25, -0.2) is 0 Å². The minimum atomic E-state index is -0.713. The topological polar surface area (TPSA) is 52.6 Å². The molecule has 0 aliphatic carbocycles. The molecule has 2 atom stereocenters. The third-order valence-electron chi connectivity index (χ3n) is 3.35. The van der Waals surface area contributed by atoms with E-state index in [-0.39, 0.29) is 11.8 Å². The molecule has 2 rings (SSSR count). The van der Waals surface area contributed by atoms with E-state index >= 15 is 0 Å². The maximum absolute atomic E-state index is 11.2. The van der Waals surface area contributed by atoms with E-state index in [0.717, 1.165) is 17.8 Å². The summed E-state index contributed by atoms with van der Waals surface area (Å²) >= 11 is 0. The molecule has 1 fully saturated rings. The van der Waals surface area contributed by atoms with Crippen molar-refractivity contribution in [3.8, 4) is 0 Å². The Morgan fingerprint density at radius 2 is 2.18 bits per heavy atom. The summed E-state index contributed by atoms with van der Waals surface area (Å²) in [6.07, 6.45) is 0. The van der Waals surface area contributed by atoms with Gasteiger partial charge >= 0.3 is 5.97 Å². The number of hydrogen-bond donors (Lipinski definition) is 2. The number of carboxylic acid groups (broad SMARTS) is 1. The molecule has 0 radical (unpaired) electrons. The van der Waals surface area contributed by atoms with Crippen molar-refractivity contribution in [2.24, 2.45) is 5.92 Å². The Hall–Kier alpha value is -1.55. The summed E-state index contributed by atoms with van der Waals surface area (Å²) in [5.74, 6) is -0.949. The van der Waals surface area contributed by atoms with Crippen molar-refractivity contribution in [3.05, 3.63) is 29.8 Å². The molecule has 1 heterocycles. The normalized spacial score (nSPS) is 23.6. The molecule has 1 aliphatic heterocycles. The molecule has 4 nitrogen and oxygen atoms in total. The van der Waals surface area contributed by atoms with Gasteiger partial charge in [-0.15, -0.1) is 0 Å². The first-order valence-electron chi connectivity index (χ1n) is 5.80. The summed E-state index contributed by atoms with van der Waals surface area (Å²) in [5.41, 5.74) is 2.21. The zero-order valence-electron chi connectivity index (χ0n) is 10.2. The Kier molecular flexibility index (Phi) is 3.33. The second kappa shape index (κ2) is 4.75. The molecule has 4 heteroatoms. The standard InChI is InChI=1S/C13H18N2O2/c1-15(2)10-5-3-4-9(6-10)11-7-14-8-12(11)13(16)17/h3-6,11-12,14H,7-8H2,1-2H3,(H,16,17). The van der Waals surface area contributed by atoms with Crippen LogP contribution < -0.4 is 10.2 Å². The summed E-state index contributed by atoms with van der Waals surface area (Å²) in [5, 5.41) is 12.3. The van der Waals surface area contributed by atoms with Crippen molar-refractivity contribution in [1.29, 1.82) is 0 Å². The van der Waals surface area contributed by atoms with Crippen LogP contribution in [0, 0.1) is 5.92 Å². The molecule has 0 saturated carbocycles. The highest BCUT2D eigenvalue weighted by Crippen LogP contribution is 2.30. The van der Waals surface area contributed by atoms with Gasteiger partial charge in [0.1, 0.15) is 0 Å². The van der Waals surface area contributed by atoms with Gasteiger partial charge < -0.3 is 15.3 Å². The minimum absolute atomic E-state index is 0.0763. The summed E-state index contributed by atoms with van der Waals surface area (Å²) in [7, 11) is 3.97. The zero-order valence-corrected chi connectivity index (χ0v) is 10.2. The average molecular weight is 234 g/mol. The molecule has 1 aromatic carbocycles. The molecule has 1 saturated heterocycles. The first-order chi connectivity index (χ1) is 8.09. The van der Waals surface area contributed by atoms with Gasteiger partial charge in [-0.3, -0.25) is 4.79 Å². The van der Waals surface area contributed by atoms with Crippen molar-refractivity contribution < 1.29 is 9.90 Å². The van der Waals surface area contributed by atoms with Gasteiger partial charge in [-0.2, -0.15) is 0 Å². The van der Waals surface area contributed by atoms with Gasteiger partial charge in [0.2, 0.25) is 0 Å². The highest BCUT2D eigenvalue weighted by atomic mass is 16.4. The number of nitrogens with one attached hydrogen (secondary N) is 1. The number of anilines is 1. The Balaban J connectivity index is 2.27. The van der Waals surface area contributed by atoms with Gasteiger partial charge in [0.15, 0.2) is 0 Å². The van der Waals surface area contributed by atoms with E-state index in [2.05, 4.69) is 11.4 Å². The van der Waals surface area contributed by atoms with Crippen LogP contribution in [0.3, 0.4) is 0 Å². The van der Waals surface area contributed by atoms with Gasteiger partial charge in [-0.1, -0.05) is 12.1 Å². The quantitative estimate of drug-likeness (QED) is 0.823. The number of aliphatic carboxylic acids is 1. The van der Waals surface area contributed by atoms with E-state index in [1.54, 1.807) is 0 Å². The fourth-order valence-electron chi connectivity index (χ4n) is 2.32. The Labute approximate surface area is 101 Å². The highest BCUT2D eigenvalue weighted by molar-refractivity contribution is 5.72. The van der Waals surface area contributed by atoms with Crippen LogP contribution >= 0.6 is 0 Å². The van der Waals surface area contributed by atoms with Crippen molar-refractivity contribution >= 4 is 11.7 Å². The lowest BCUT2D eigenvalue weighted by molar-refractivity contribution is -0.141. The minimum Gasteiger partial charge on any atom is -0.481 e. The molecule has 2 N–H and O–H groups in total. The fourth-order valence-corrected chi connectivity index (χ4v) is 2.32. The smallest absolute Gasteiger partial charge is 0.308 e. The zero-order chi connectivity index (χ0) is 12.4. The largest absolute Gasteiger partial charge is 0.481 e. The number of carboxylic acids is 1. The fraction of sp³-hybridized carbons (Fsp3) is 0.462.